The third-order valence-corrected chi connectivity index (χ3v) is 21.3. The molecule has 2 saturated heterocycles. The molecule has 19 atom stereocenters. The zero-order valence-corrected chi connectivity index (χ0v) is 63.5. The summed E-state index contributed by atoms with van der Waals surface area (Å²) >= 11 is 0. The normalized spacial score (nSPS) is 27.4. The summed E-state index contributed by atoms with van der Waals surface area (Å²) in [5.41, 5.74) is 0. The van der Waals surface area contributed by atoms with Gasteiger partial charge in [0.15, 0.2) is 18.7 Å². The number of unbranched alkanes of at least 4 members (excludes halogenated alkanes) is 38. The van der Waals surface area contributed by atoms with Crippen molar-refractivity contribution < 1.29 is 117 Å². The average molecular weight is 1470 g/mol. The smallest absolute Gasteiger partial charge is 0.463 e. The van der Waals surface area contributed by atoms with E-state index >= 15 is 0 Å². The predicted molar refractivity (Wildman–Crippen MR) is 384 cm³/mol. The van der Waals surface area contributed by atoms with Crippen molar-refractivity contribution >= 4 is 25.7 Å². The molecule has 1 aliphatic carbocycles. The number of rotatable bonds is 63. The molecule has 24 nitrogen and oxygen atoms in total. The molecule has 596 valence electrons. The summed E-state index contributed by atoms with van der Waals surface area (Å²) < 4.78 is 65.2. The zero-order chi connectivity index (χ0) is 74.1. The van der Waals surface area contributed by atoms with Gasteiger partial charge >= 0.3 is 25.7 Å². The van der Waals surface area contributed by atoms with Gasteiger partial charge in [0.05, 0.1) is 13.2 Å². The van der Waals surface area contributed by atoms with Crippen LogP contribution in [0.5, 0.6) is 0 Å². The Bertz CT molecular complexity index is 2100. The number of phosphoric ester groups is 1. The van der Waals surface area contributed by atoms with Crippen molar-refractivity contribution in [2.75, 3.05) is 26.4 Å². The molecular weight excluding hydrogens is 1330 g/mol. The second-order valence-electron chi connectivity index (χ2n) is 29.4. The molecule has 3 rings (SSSR count). The minimum atomic E-state index is -5.70. The number of hydrogen-bond acceptors (Lipinski definition) is 23. The largest absolute Gasteiger partial charge is 0.472 e. The lowest BCUT2D eigenvalue weighted by Gasteiger charge is -2.49. The van der Waals surface area contributed by atoms with Crippen LogP contribution in [-0.4, -0.2) is 204 Å². The van der Waals surface area contributed by atoms with Gasteiger partial charge in [-0.1, -0.05) is 291 Å². The van der Waals surface area contributed by atoms with Gasteiger partial charge in [-0.25, -0.2) is 4.57 Å². The van der Waals surface area contributed by atoms with E-state index in [1.165, 1.54) is 173 Å². The topological polar surface area (TPSA) is 374 Å². The molecule has 11 N–H and O–H groups in total. The molecule has 3 fully saturated rings. The van der Waals surface area contributed by atoms with Crippen molar-refractivity contribution in [3.8, 4) is 0 Å². The second-order valence-corrected chi connectivity index (χ2v) is 30.8. The van der Waals surface area contributed by atoms with Crippen LogP contribution >= 0.6 is 7.82 Å². The lowest BCUT2D eigenvalue weighted by Crippen LogP contribution is -2.69. The van der Waals surface area contributed by atoms with Gasteiger partial charge < -0.3 is 89.1 Å². The Morgan fingerprint density at radius 1 is 0.376 bits per heavy atom. The third kappa shape index (κ3) is 40.1. The first-order valence-corrected chi connectivity index (χ1v) is 41.7. The Morgan fingerprint density at radius 2 is 0.693 bits per heavy atom. The van der Waals surface area contributed by atoms with Crippen LogP contribution in [0.3, 0.4) is 0 Å². The molecule has 0 radical (unpaired) electrons. The summed E-state index contributed by atoms with van der Waals surface area (Å²) in [4.78, 5) is 51.2. The quantitative estimate of drug-likeness (QED) is 0.0117. The molecule has 3 aliphatic rings. The Hall–Kier alpha value is -2.04. The maximum Gasteiger partial charge on any atom is 0.472 e. The van der Waals surface area contributed by atoms with Crippen LogP contribution in [0, 0.1) is 5.92 Å². The number of ether oxygens (including phenoxy) is 7. The van der Waals surface area contributed by atoms with Crippen molar-refractivity contribution in [3.05, 3.63) is 0 Å². The van der Waals surface area contributed by atoms with E-state index in [2.05, 4.69) is 27.7 Å². The van der Waals surface area contributed by atoms with Crippen LogP contribution in [0.15, 0.2) is 0 Å². The molecule has 0 aromatic heterocycles. The van der Waals surface area contributed by atoms with Gasteiger partial charge in [-0.15, -0.1) is 0 Å². The van der Waals surface area contributed by atoms with Crippen LogP contribution in [-0.2, 0) is 61.2 Å². The van der Waals surface area contributed by atoms with E-state index in [0.29, 0.717) is 25.2 Å². The van der Waals surface area contributed by atoms with Gasteiger partial charge in [0.25, 0.3) is 0 Å². The zero-order valence-electron chi connectivity index (χ0n) is 62.6. The van der Waals surface area contributed by atoms with E-state index in [1.54, 1.807) is 0 Å². The summed E-state index contributed by atoms with van der Waals surface area (Å²) in [5, 5.41) is 110. The Kier molecular flexibility index (Phi) is 52.7. The first-order valence-electron chi connectivity index (χ1n) is 40.2. The fraction of sp³-hybridized carbons (Fsp3) is 0.961. The molecule has 0 amide bonds. The van der Waals surface area contributed by atoms with Gasteiger partial charge in [-0.2, -0.15) is 0 Å². The van der Waals surface area contributed by atoms with E-state index < -0.39 is 156 Å². The maximum atomic E-state index is 14.4. The fourth-order valence-electron chi connectivity index (χ4n) is 13.7. The SMILES string of the molecule is CCCCCCCCCCCCCCCCCC(=O)OCC(COP(=O)(O)OC1C(OC2OC(CO)C(O)C(O)C2O)C(O)C(O)C(O)C1OC1OC(COC(=O)CCCCCCCCCCCCCCCCC)C(O)C(O)C1O)OC(=O)CCCCCCCCC(C)CCCCCCCC. The van der Waals surface area contributed by atoms with Gasteiger partial charge in [0.1, 0.15) is 98.7 Å². The molecule has 0 aromatic rings. The van der Waals surface area contributed by atoms with Crippen molar-refractivity contribution in [1.82, 2.24) is 0 Å². The van der Waals surface area contributed by atoms with Gasteiger partial charge in [0.2, 0.25) is 0 Å². The number of esters is 3. The standard InChI is InChI=1S/C76H143O24P/c1-5-8-11-14-17-19-21-23-25-27-29-31-33-39-44-49-60(78)92-53-57(95-62(80)51-46-41-36-35-38-43-48-56(4)47-42-37-16-13-10-7-3)54-94-101(90,91)100-74-72(98-75-70(88)65(83)63(81)58(52-77)96-75)68(86)67(85)69(87)73(74)99-76-71(89)66(84)64(82)59(97-76)55-93-61(79)50-45-40-34-32-30-28-26-24-22-20-18-15-12-9-6-2/h56-59,63-77,81-89H,5-55H2,1-4H3,(H,90,91). The predicted octanol–water partition coefficient (Wildman–Crippen LogP) is 12.0. The molecule has 101 heavy (non-hydrogen) atoms. The van der Waals surface area contributed by atoms with E-state index in [1.807, 2.05) is 0 Å². The molecule has 25 heteroatoms. The van der Waals surface area contributed by atoms with Crippen LogP contribution < -0.4 is 0 Å². The van der Waals surface area contributed by atoms with E-state index in [4.69, 9.17) is 42.2 Å². The van der Waals surface area contributed by atoms with Crippen molar-refractivity contribution in [3.63, 3.8) is 0 Å². The summed E-state index contributed by atoms with van der Waals surface area (Å²) in [6, 6.07) is 0. The van der Waals surface area contributed by atoms with Crippen LogP contribution in [0.1, 0.15) is 329 Å². The number of aliphatic hydroxyl groups is 10. The first kappa shape index (κ1) is 93.2. The monoisotopic (exact) mass is 1470 g/mol. The van der Waals surface area contributed by atoms with Gasteiger partial charge in [-0.3, -0.25) is 23.4 Å². The van der Waals surface area contributed by atoms with Crippen molar-refractivity contribution in [2.24, 2.45) is 5.92 Å². The van der Waals surface area contributed by atoms with E-state index in [9.17, 15) is 74.9 Å². The molecule has 1 saturated carbocycles. The highest BCUT2D eigenvalue weighted by Gasteiger charge is 2.58. The number of phosphoric acid groups is 1. The van der Waals surface area contributed by atoms with E-state index in [0.717, 1.165) is 89.9 Å². The van der Waals surface area contributed by atoms with Crippen molar-refractivity contribution in [1.29, 1.82) is 0 Å². The lowest BCUT2D eigenvalue weighted by atomic mass is 9.84. The third-order valence-electron chi connectivity index (χ3n) is 20.3. The van der Waals surface area contributed by atoms with Crippen molar-refractivity contribution in [2.45, 2.75) is 434 Å². The average Bonchev–Trinajstić information content (AvgIpc) is 0.761. The highest BCUT2D eigenvalue weighted by atomic mass is 31.2. The Balaban J connectivity index is 1.72. The summed E-state index contributed by atoms with van der Waals surface area (Å²) in [6.07, 6.45) is 14.3. The molecule has 2 heterocycles. The molecular formula is C76H143O24P. The Morgan fingerprint density at radius 3 is 1.07 bits per heavy atom. The molecule has 0 spiro atoms. The van der Waals surface area contributed by atoms with Crippen LogP contribution in [0.2, 0.25) is 0 Å². The Labute approximate surface area is 606 Å². The van der Waals surface area contributed by atoms with Gasteiger partial charge in [0, 0.05) is 19.3 Å². The molecule has 19 unspecified atom stereocenters. The summed E-state index contributed by atoms with van der Waals surface area (Å²) in [6.45, 7) is 5.82. The number of aliphatic hydroxyl groups excluding tert-OH is 10. The number of hydrogen-bond donors (Lipinski definition) is 11. The molecule has 2 aliphatic heterocycles. The summed E-state index contributed by atoms with van der Waals surface area (Å²) in [7, 11) is -5.70. The minimum absolute atomic E-state index is 0.0336. The first-order chi connectivity index (χ1) is 48.7. The highest BCUT2D eigenvalue weighted by Crippen LogP contribution is 2.49. The number of carbonyl (C=O) groups is 3. The summed E-state index contributed by atoms with van der Waals surface area (Å²) in [5.74, 6) is -1.29. The minimum Gasteiger partial charge on any atom is -0.463 e. The maximum absolute atomic E-state index is 14.4. The van der Waals surface area contributed by atoms with Gasteiger partial charge in [-0.05, 0) is 25.2 Å². The molecule has 0 bridgehead atoms. The highest BCUT2D eigenvalue weighted by molar-refractivity contribution is 7.47. The van der Waals surface area contributed by atoms with Crippen LogP contribution in [0.4, 0.5) is 0 Å². The molecule has 0 aromatic carbocycles. The fourth-order valence-corrected chi connectivity index (χ4v) is 14.6. The number of carbonyl (C=O) groups excluding carboxylic acids is 3. The second kappa shape index (κ2) is 57.1. The lowest BCUT2D eigenvalue weighted by molar-refractivity contribution is -0.360. The van der Waals surface area contributed by atoms with E-state index in [-0.39, 0.29) is 19.3 Å². The van der Waals surface area contributed by atoms with Crippen LogP contribution in [0.25, 0.3) is 0 Å².